The number of H-pyrrole nitrogens is 1. The van der Waals surface area contributed by atoms with E-state index in [0.29, 0.717) is 24.0 Å². The summed E-state index contributed by atoms with van der Waals surface area (Å²) in [6, 6.07) is 10.7. The number of nitrogens with zero attached hydrogens (tertiary/aromatic N) is 1. The van der Waals surface area contributed by atoms with Gasteiger partial charge in [-0.2, -0.15) is 0 Å². The number of rotatable bonds is 6. The lowest BCUT2D eigenvalue weighted by molar-refractivity contribution is -0.121. The molecule has 1 fully saturated rings. The van der Waals surface area contributed by atoms with E-state index < -0.39 is 0 Å². The third kappa shape index (κ3) is 4.20. The highest BCUT2D eigenvalue weighted by Gasteiger charge is 2.23. The molecule has 0 saturated carbocycles. The third-order valence-electron chi connectivity index (χ3n) is 6.56. The highest BCUT2D eigenvalue weighted by atomic mass is 16.1. The minimum atomic E-state index is -0.0641. The number of carbonyl (C=O) groups excluding carboxylic acids is 1. The molecule has 3 heterocycles. The first-order valence-electron chi connectivity index (χ1n) is 11.3. The summed E-state index contributed by atoms with van der Waals surface area (Å²) in [5.74, 6) is 1.21. The molecule has 158 valence electrons. The maximum absolute atomic E-state index is 13.0. The quantitative estimate of drug-likeness (QED) is 0.553. The van der Waals surface area contributed by atoms with E-state index in [9.17, 15) is 4.79 Å². The van der Waals surface area contributed by atoms with Crippen LogP contribution in [-0.2, 0) is 4.79 Å². The van der Waals surface area contributed by atoms with Crippen LogP contribution in [0.15, 0.2) is 36.5 Å². The first-order valence-corrected chi connectivity index (χ1v) is 11.3. The van der Waals surface area contributed by atoms with Gasteiger partial charge >= 0.3 is 0 Å². The standard InChI is InChI=1S/C26H33N3O/c1-16(2)25-22-15-20(18(4)24(30)14-19-7-10-27-11-8-19)5-6-23(22)29-26(25)21-9-12-28-17(3)13-21/h5-6,9,12-13,15-16,18-19,27,29H,7-8,10-11,14H2,1-4H3. The second kappa shape index (κ2) is 8.73. The molecule has 1 aliphatic rings. The van der Waals surface area contributed by atoms with Crippen LogP contribution in [0.5, 0.6) is 0 Å². The summed E-state index contributed by atoms with van der Waals surface area (Å²) in [6.07, 6.45) is 4.79. The van der Waals surface area contributed by atoms with Crippen molar-refractivity contribution in [3.05, 3.63) is 53.3 Å². The monoisotopic (exact) mass is 403 g/mol. The van der Waals surface area contributed by atoms with Gasteiger partial charge in [0.1, 0.15) is 5.78 Å². The Balaban J connectivity index is 1.67. The average molecular weight is 404 g/mol. The number of hydrogen-bond donors (Lipinski definition) is 2. The van der Waals surface area contributed by atoms with Gasteiger partial charge in [0.05, 0.1) is 5.69 Å². The minimum Gasteiger partial charge on any atom is -0.354 e. The molecule has 1 saturated heterocycles. The van der Waals surface area contributed by atoms with E-state index in [1.165, 1.54) is 16.5 Å². The second-order valence-corrected chi connectivity index (χ2v) is 9.14. The van der Waals surface area contributed by atoms with Crippen LogP contribution in [-0.4, -0.2) is 28.8 Å². The molecule has 4 rings (SSSR count). The number of benzene rings is 1. The molecule has 4 nitrogen and oxygen atoms in total. The molecule has 30 heavy (non-hydrogen) atoms. The zero-order chi connectivity index (χ0) is 21.3. The number of Topliss-reactive ketones (excluding diaryl/α,β-unsaturated/α-hetero) is 1. The summed E-state index contributed by atoms with van der Waals surface area (Å²) in [7, 11) is 0. The molecule has 1 unspecified atom stereocenters. The van der Waals surface area contributed by atoms with E-state index in [-0.39, 0.29) is 5.92 Å². The number of ketones is 1. The fourth-order valence-electron chi connectivity index (χ4n) is 4.76. The van der Waals surface area contributed by atoms with Crippen molar-refractivity contribution in [3.63, 3.8) is 0 Å². The molecule has 0 radical (unpaired) electrons. The minimum absolute atomic E-state index is 0.0641. The highest BCUT2D eigenvalue weighted by Crippen LogP contribution is 2.37. The fourth-order valence-corrected chi connectivity index (χ4v) is 4.76. The van der Waals surface area contributed by atoms with Crippen molar-refractivity contribution in [1.82, 2.24) is 15.3 Å². The van der Waals surface area contributed by atoms with E-state index in [1.54, 1.807) is 0 Å². The lowest BCUT2D eigenvalue weighted by Crippen LogP contribution is -2.29. The lowest BCUT2D eigenvalue weighted by Gasteiger charge is -2.23. The number of aryl methyl sites for hydroxylation is 1. The second-order valence-electron chi connectivity index (χ2n) is 9.14. The maximum atomic E-state index is 13.0. The van der Waals surface area contributed by atoms with Gasteiger partial charge in [0.15, 0.2) is 0 Å². The van der Waals surface area contributed by atoms with Crippen LogP contribution in [0.4, 0.5) is 0 Å². The van der Waals surface area contributed by atoms with E-state index >= 15 is 0 Å². The molecule has 1 aliphatic heterocycles. The van der Waals surface area contributed by atoms with Crippen molar-refractivity contribution in [2.24, 2.45) is 5.92 Å². The largest absolute Gasteiger partial charge is 0.354 e. The first kappa shape index (κ1) is 20.8. The number of aromatic amines is 1. The predicted molar refractivity (Wildman–Crippen MR) is 124 cm³/mol. The summed E-state index contributed by atoms with van der Waals surface area (Å²) in [5, 5.41) is 4.62. The summed E-state index contributed by atoms with van der Waals surface area (Å²) >= 11 is 0. The van der Waals surface area contributed by atoms with Crippen LogP contribution in [0.1, 0.15) is 68.7 Å². The Morgan fingerprint density at radius 1 is 1.13 bits per heavy atom. The molecular formula is C26H33N3O. The van der Waals surface area contributed by atoms with E-state index in [2.05, 4.69) is 66.4 Å². The Bertz CT molecular complexity index is 1040. The molecular weight excluding hydrogens is 370 g/mol. The first-order chi connectivity index (χ1) is 14.4. The molecule has 0 spiro atoms. The van der Waals surface area contributed by atoms with Gasteiger partial charge in [0, 0.05) is 40.7 Å². The molecule has 1 aromatic carbocycles. The summed E-state index contributed by atoms with van der Waals surface area (Å²) in [4.78, 5) is 21.0. The summed E-state index contributed by atoms with van der Waals surface area (Å²) in [5.41, 5.74) is 6.91. The average Bonchev–Trinajstić information content (AvgIpc) is 3.13. The number of aromatic nitrogens is 2. The van der Waals surface area contributed by atoms with Gasteiger partial charge in [-0.25, -0.2) is 0 Å². The Morgan fingerprint density at radius 2 is 1.90 bits per heavy atom. The smallest absolute Gasteiger partial charge is 0.140 e. The van der Waals surface area contributed by atoms with Gasteiger partial charge in [-0.1, -0.05) is 26.8 Å². The van der Waals surface area contributed by atoms with E-state index in [1.807, 2.05) is 13.1 Å². The molecule has 1 atom stereocenters. The van der Waals surface area contributed by atoms with Gasteiger partial charge < -0.3 is 10.3 Å². The molecule has 3 aromatic rings. The van der Waals surface area contributed by atoms with E-state index in [0.717, 1.165) is 48.4 Å². The van der Waals surface area contributed by atoms with Crippen LogP contribution in [0.2, 0.25) is 0 Å². The van der Waals surface area contributed by atoms with Crippen LogP contribution < -0.4 is 5.32 Å². The predicted octanol–water partition coefficient (Wildman–Crippen LogP) is 5.72. The number of fused-ring (bicyclic) bond motifs is 1. The molecule has 2 N–H and O–H groups in total. The molecule has 4 heteroatoms. The van der Waals surface area contributed by atoms with E-state index in [4.69, 9.17) is 0 Å². The van der Waals surface area contributed by atoms with Crippen molar-refractivity contribution in [3.8, 4) is 11.3 Å². The van der Waals surface area contributed by atoms with Gasteiger partial charge in [0.25, 0.3) is 0 Å². The molecule has 0 amide bonds. The number of hydrogen-bond acceptors (Lipinski definition) is 3. The van der Waals surface area contributed by atoms with Crippen LogP contribution >= 0.6 is 0 Å². The Labute approximate surface area is 179 Å². The highest BCUT2D eigenvalue weighted by molar-refractivity contribution is 5.93. The number of carbonyl (C=O) groups is 1. The SMILES string of the molecule is Cc1cc(-c2[nH]c3ccc(C(C)C(=O)CC4CCNCC4)cc3c2C(C)C)ccn1. The molecule has 0 bridgehead atoms. The van der Waals surface area contributed by atoms with Crippen LogP contribution in [0.25, 0.3) is 22.2 Å². The normalized spacial score (nSPS) is 16.3. The number of nitrogens with one attached hydrogen (secondary N) is 2. The Morgan fingerprint density at radius 3 is 2.60 bits per heavy atom. The van der Waals surface area contributed by atoms with Crippen molar-refractivity contribution in [2.75, 3.05) is 13.1 Å². The van der Waals surface area contributed by atoms with Crippen LogP contribution in [0, 0.1) is 12.8 Å². The zero-order valence-electron chi connectivity index (χ0n) is 18.6. The lowest BCUT2D eigenvalue weighted by atomic mass is 9.85. The van der Waals surface area contributed by atoms with Crippen LogP contribution in [0.3, 0.4) is 0 Å². The number of piperidine rings is 1. The fraction of sp³-hybridized carbons (Fsp3) is 0.462. The number of pyridine rings is 1. The Kier molecular flexibility index (Phi) is 6.05. The van der Waals surface area contributed by atoms with Gasteiger partial charge in [0.2, 0.25) is 0 Å². The topological polar surface area (TPSA) is 57.8 Å². The van der Waals surface area contributed by atoms with Crippen molar-refractivity contribution < 1.29 is 4.79 Å². The third-order valence-corrected chi connectivity index (χ3v) is 6.56. The van der Waals surface area contributed by atoms with Gasteiger partial charge in [-0.15, -0.1) is 0 Å². The van der Waals surface area contributed by atoms with Crippen molar-refractivity contribution in [1.29, 1.82) is 0 Å². The van der Waals surface area contributed by atoms with Gasteiger partial charge in [-0.05, 0) is 80.1 Å². The van der Waals surface area contributed by atoms with Crippen molar-refractivity contribution >= 4 is 16.7 Å². The molecule has 2 aromatic heterocycles. The Hall–Kier alpha value is -2.46. The van der Waals surface area contributed by atoms with Gasteiger partial charge in [-0.3, -0.25) is 9.78 Å². The molecule has 0 aliphatic carbocycles. The maximum Gasteiger partial charge on any atom is 0.140 e. The summed E-state index contributed by atoms with van der Waals surface area (Å²) < 4.78 is 0. The van der Waals surface area contributed by atoms with Crippen molar-refractivity contribution in [2.45, 2.75) is 58.8 Å². The zero-order valence-corrected chi connectivity index (χ0v) is 18.6. The summed E-state index contributed by atoms with van der Waals surface area (Å²) in [6.45, 7) is 10.6.